The van der Waals surface area contributed by atoms with Crippen LogP contribution in [0.15, 0.2) is 24.3 Å². The van der Waals surface area contributed by atoms with E-state index < -0.39 is 17.0 Å². The molecule has 0 atom stereocenters. The zero-order chi connectivity index (χ0) is 20.8. The summed E-state index contributed by atoms with van der Waals surface area (Å²) in [5.41, 5.74) is 0.707. The Bertz CT molecular complexity index is 719. The van der Waals surface area contributed by atoms with Crippen molar-refractivity contribution in [1.29, 1.82) is 0 Å². The minimum Gasteiger partial charge on any atom is -0.493 e. The molecule has 11 nitrogen and oxygen atoms in total. The number of benzene rings is 1. The summed E-state index contributed by atoms with van der Waals surface area (Å²) in [5.74, 6) is -0.644. The van der Waals surface area contributed by atoms with Crippen LogP contribution in [0.5, 0.6) is 11.5 Å². The molecule has 1 aromatic carbocycles. The van der Waals surface area contributed by atoms with Crippen molar-refractivity contribution in [2.75, 3.05) is 26.9 Å². The van der Waals surface area contributed by atoms with E-state index in [2.05, 4.69) is 10.2 Å². The highest BCUT2D eigenvalue weighted by Crippen LogP contribution is 2.28. The summed E-state index contributed by atoms with van der Waals surface area (Å²) < 4.78 is 15.2. The number of nitrogens with zero attached hydrogens (tertiary/aromatic N) is 1. The molecule has 1 N–H and O–H groups in total. The summed E-state index contributed by atoms with van der Waals surface area (Å²) in [6.07, 6.45) is 3.85. The van der Waals surface area contributed by atoms with Gasteiger partial charge in [-0.2, -0.15) is 0 Å². The van der Waals surface area contributed by atoms with Crippen molar-refractivity contribution in [3.63, 3.8) is 0 Å². The summed E-state index contributed by atoms with van der Waals surface area (Å²) in [4.78, 5) is 47.2. The molecular weight excluding hydrogens is 376 g/mol. The van der Waals surface area contributed by atoms with Gasteiger partial charge in [-0.1, -0.05) is 12.1 Å². The van der Waals surface area contributed by atoms with E-state index in [4.69, 9.17) is 14.2 Å². The zero-order valence-electron chi connectivity index (χ0n) is 15.1. The standard InChI is InChI=1S/C17H20N2O9/c1-25-15-10-13(6-7-14(15)28-17(22)11-18-12-20)4-2-8-26-16(21)5-3-9-27-19(23)24/h2,4,6-7,10,12H,3,5,8-9,11H2,1H3,(H,18,20)/b4-2+. The molecule has 0 heterocycles. The van der Waals surface area contributed by atoms with E-state index in [-0.39, 0.29) is 38.3 Å². The third-order valence-electron chi connectivity index (χ3n) is 3.11. The molecule has 28 heavy (non-hydrogen) atoms. The number of carbonyl (C=O) groups is 3. The van der Waals surface area contributed by atoms with Crippen molar-refractivity contribution in [2.45, 2.75) is 12.8 Å². The summed E-state index contributed by atoms with van der Waals surface area (Å²) >= 11 is 0. The van der Waals surface area contributed by atoms with Gasteiger partial charge in [-0.25, -0.2) is 4.79 Å². The Kier molecular flexibility index (Phi) is 10.1. The predicted molar refractivity (Wildman–Crippen MR) is 94.9 cm³/mol. The van der Waals surface area contributed by atoms with Crippen molar-refractivity contribution in [2.24, 2.45) is 0 Å². The summed E-state index contributed by atoms with van der Waals surface area (Å²) in [6, 6.07) is 4.80. The fourth-order valence-corrected chi connectivity index (χ4v) is 1.91. The molecule has 11 heteroatoms. The van der Waals surface area contributed by atoms with Crippen LogP contribution in [0.1, 0.15) is 18.4 Å². The second kappa shape index (κ2) is 12.7. The van der Waals surface area contributed by atoms with E-state index >= 15 is 0 Å². The van der Waals surface area contributed by atoms with Gasteiger partial charge in [0.25, 0.3) is 5.09 Å². The number of rotatable bonds is 13. The molecule has 1 rings (SSSR count). The van der Waals surface area contributed by atoms with Gasteiger partial charge in [0.05, 0.1) is 13.7 Å². The maximum Gasteiger partial charge on any atom is 0.330 e. The lowest BCUT2D eigenvalue weighted by Crippen LogP contribution is -2.25. The van der Waals surface area contributed by atoms with Crippen molar-refractivity contribution in [3.05, 3.63) is 40.0 Å². The first-order valence-corrected chi connectivity index (χ1v) is 8.11. The molecule has 1 amide bonds. The molecule has 152 valence electrons. The van der Waals surface area contributed by atoms with Crippen LogP contribution in [0.3, 0.4) is 0 Å². The summed E-state index contributed by atoms with van der Waals surface area (Å²) in [6.45, 7) is -0.414. The fraction of sp³-hybridized carbons (Fsp3) is 0.353. The van der Waals surface area contributed by atoms with Crippen LogP contribution in [0.4, 0.5) is 0 Å². The second-order valence-corrected chi connectivity index (χ2v) is 5.13. The quantitative estimate of drug-likeness (QED) is 0.128. The van der Waals surface area contributed by atoms with Crippen LogP contribution in [0.2, 0.25) is 0 Å². The molecule has 0 aliphatic heterocycles. The molecule has 0 aliphatic carbocycles. The van der Waals surface area contributed by atoms with E-state index in [1.165, 1.54) is 13.2 Å². The highest BCUT2D eigenvalue weighted by atomic mass is 16.9. The summed E-state index contributed by atoms with van der Waals surface area (Å²) in [5, 5.41) is 11.2. The molecular formula is C17H20N2O9. The number of esters is 2. The first-order valence-electron chi connectivity index (χ1n) is 8.11. The number of nitrogens with one attached hydrogen (secondary N) is 1. The maximum absolute atomic E-state index is 11.5. The molecule has 0 radical (unpaired) electrons. The smallest absolute Gasteiger partial charge is 0.330 e. The van der Waals surface area contributed by atoms with E-state index in [1.807, 2.05) is 0 Å². The first kappa shape index (κ1) is 22.4. The lowest BCUT2D eigenvalue weighted by Gasteiger charge is -2.09. The Labute approximate surface area is 160 Å². The molecule has 0 aromatic heterocycles. The van der Waals surface area contributed by atoms with Crippen molar-refractivity contribution >= 4 is 24.4 Å². The van der Waals surface area contributed by atoms with Gasteiger partial charge in [0, 0.05) is 6.42 Å². The minimum atomic E-state index is -0.920. The highest BCUT2D eigenvalue weighted by molar-refractivity contribution is 5.77. The monoisotopic (exact) mass is 396 g/mol. The zero-order valence-corrected chi connectivity index (χ0v) is 15.1. The van der Waals surface area contributed by atoms with Gasteiger partial charge in [-0.15, -0.1) is 10.1 Å². The van der Waals surface area contributed by atoms with Crippen LogP contribution in [-0.2, 0) is 24.0 Å². The van der Waals surface area contributed by atoms with Crippen LogP contribution < -0.4 is 14.8 Å². The van der Waals surface area contributed by atoms with Crippen LogP contribution in [0, 0.1) is 10.1 Å². The molecule has 0 saturated heterocycles. The Hall–Kier alpha value is -3.63. The number of amides is 1. The van der Waals surface area contributed by atoms with Gasteiger partial charge in [-0.3, -0.25) is 9.59 Å². The van der Waals surface area contributed by atoms with Gasteiger partial charge < -0.3 is 24.4 Å². The Morgan fingerprint density at radius 3 is 2.71 bits per heavy atom. The first-order chi connectivity index (χ1) is 13.5. The predicted octanol–water partition coefficient (Wildman–Crippen LogP) is 0.891. The number of carbonyl (C=O) groups excluding carboxylic acids is 3. The highest BCUT2D eigenvalue weighted by Gasteiger charge is 2.10. The van der Waals surface area contributed by atoms with Crippen molar-refractivity contribution in [1.82, 2.24) is 5.32 Å². The summed E-state index contributed by atoms with van der Waals surface area (Å²) in [7, 11) is 1.41. The lowest BCUT2D eigenvalue weighted by atomic mass is 10.2. The lowest BCUT2D eigenvalue weighted by molar-refractivity contribution is -0.757. The number of methoxy groups -OCH3 is 1. The van der Waals surface area contributed by atoms with Gasteiger partial charge in [0.2, 0.25) is 6.41 Å². The van der Waals surface area contributed by atoms with Gasteiger partial charge in [0.15, 0.2) is 11.5 Å². The maximum atomic E-state index is 11.5. The largest absolute Gasteiger partial charge is 0.493 e. The SMILES string of the molecule is COc1cc(/C=C/COC(=O)CCCO[N+](=O)[O-])ccc1OC(=O)CNC=O. The average molecular weight is 396 g/mol. The molecule has 0 saturated carbocycles. The molecule has 0 fully saturated rings. The molecule has 0 bridgehead atoms. The van der Waals surface area contributed by atoms with Gasteiger partial charge in [0.1, 0.15) is 13.2 Å². The Morgan fingerprint density at radius 1 is 1.25 bits per heavy atom. The van der Waals surface area contributed by atoms with Gasteiger partial charge >= 0.3 is 11.9 Å². The third kappa shape index (κ3) is 9.17. The third-order valence-corrected chi connectivity index (χ3v) is 3.11. The van der Waals surface area contributed by atoms with Crippen molar-refractivity contribution in [3.8, 4) is 11.5 Å². The number of ether oxygens (including phenoxy) is 3. The van der Waals surface area contributed by atoms with Crippen LogP contribution in [0.25, 0.3) is 6.08 Å². The van der Waals surface area contributed by atoms with E-state index in [9.17, 15) is 24.5 Å². The number of hydrogen-bond acceptors (Lipinski definition) is 9. The minimum absolute atomic E-state index is 0.00846. The van der Waals surface area contributed by atoms with E-state index in [0.717, 1.165) is 0 Å². The molecule has 1 aromatic rings. The molecule has 0 spiro atoms. The fourth-order valence-electron chi connectivity index (χ4n) is 1.91. The topological polar surface area (TPSA) is 143 Å². The Morgan fingerprint density at radius 2 is 2.04 bits per heavy atom. The van der Waals surface area contributed by atoms with Crippen molar-refractivity contribution < 1.29 is 38.5 Å². The second-order valence-electron chi connectivity index (χ2n) is 5.13. The molecule has 0 aliphatic rings. The van der Waals surface area contributed by atoms with Crippen LogP contribution in [-0.4, -0.2) is 50.3 Å². The average Bonchev–Trinajstić information content (AvgIpc) is 2.67. The van der Waals surface area contributed by atoms with E-state index in [0.29, 0.717) is 17.7 Å². The van der Waals surface area contributed by atoms with Gasteiger partial charge in [-0.05, 0) is 30.2 Å². The molecule has 0 unspecified atom stereocenters. The number of hydrogen-bond donors (Lipinski definition) is 1. The van der Waals surface area contributed by atoms with Crippen LogP contribution >= 0.6 is 0 Å². The van der Waals surface area contributed by atoms with E-state index in [1.54, 1.807) is 24.3 Å². The Balaban J connectivity index is 2.46. The normalized spacial score (nSPS) is 10.2.